The maximum Gasteiger partial charge on any atom is 0.305 e. The first-order valence-corrected chi connectivity index (χ1v) is 13.6. The van der Waals surface area contributed by atoms with Crippen molar-refractivity contribution in [2.75, 3.05) is 5.32 Å². The highest BCUT2D eigenvalue weighted by molar-refractivity contribution is 6.12. The molecule has 4 N–H and O–H groups in total. The highest BCUT2D eigenvalue weighted by atomic mass is 19.1. The predicted octanol–water partition coefficient (Wildman–Crippen LogP) is 5.85. The number of aliphatic hydroxyl groups excluding tert-OH is 2. The number of hydrogen-bond acceptors (Lipinski definition) is 5. The minimum absolute atomic E-state index is 0.138. The largest absolute Gasteiger partial charge is 0.481 e. The second-order valence-electron chi connectivity index (χ2n) is 10.4. The van der Waals surface area contributed by atoms with Gasteiger partial charge in [-0.2, -0.15) is 0 Å². The number of nitrogens with one attached hydrogen (secondary N) is 1. The average molecular weight is 578 g/mol. The van der Waals surface area contributed by atoms with Crippen molar-refractivity contribution in [3.63, 3.8) is 0 Å². The summed E-state index contributed by atoms with van der Waals surface area (Å²) in [5, 5.41) is 32.5. The van der Waals surface area contributed by atoms with Crippen LogP contribution in [0.25, 0.3) is 22.4 Å². The average Bonchev–Trinajstić information content (AvgIpc) is 3.28. The van der Waals surface area contributed by atoms with Gasteiger partial charge in [0.2, 0.25) is 0 Å². The topological polar surface area (TPSA) is 125 Å². The van der Waals surface area contributed by atoms with Crippen LogP contribution in [0.4, 0.5) is 14.5 Å². The molecule has 4 rings (SSSR count). The molecule has 2 atom stereocenters. The summed E-state index contributed by atoms with van der Waals surface area (Å²) in [6.45, 7) is 4.04. The van der Waals surface area contributed by atoms with Crippen molar-refractivity contribution in [1.82, 2.24) is 9.55 Å². The lowest BCUT2D eigenvalue weighted by Crippen LogP contribution is -2.22. The summed E-state index contributed by atoms with van der Waals surface area (Å²) in [5.41, 5.74) is 3.69. The Hall–Kier alpha value is -4.41. The Labute approximate surface area is 242 Å². The van der Waals surface area contributed by atoms with Crippen LogP contribution >= 0.6 is 0 Å². The highest BCUT2D eigenvalue weighted by Gasteiger charge is 2.31. The normalized spacial score (nSPS) is 12.7. The Morgan fingerprint density at radius 3 is 2.24 bits per heavy atom. The van der Waals surface area contributed by atoms with Crippen LogP contribution in [0.5, 0.6) is 0 Å². The molecule has 8 nitrogen and oxygen atoms in total. The summed E-state index contributed by atoms with van der Waals surface area (Å²) in [5.74, 6) is -2.79. The first kappa shape index (κ1) is 30.5. The fourth-order valence-electron chi connectivity index (χ4n) is 5.16. The molecule has 0 aliphatic rings. The molecule has 0 aliphatic heterocycles. The number of anilines is 1. The molecule has 4 aromatic rings. The van der Waals surface area contributed by atoms with E-state index in [0.29, 0.717) is 33.6 Å². The zero-order chi connectivity index (χ0) is 30.4. The highest BCUT2D eigenvalue weighted by Crippen LogP contribution is 2.42. The SMILES string of the molecule is CC(C)c1c(C(=O)Nc2cccc(F)c2)c(-c2ccncc2)c(-c2ccc(F)cc2)n1CC[C@@H](O)C[C@@H](O)CC(=O)O. The number of rotatable bonds is 12. The first-order valence-electron chi connectivity index (χ1n) is 13.6. The van der Waals surface area contributed by atoms with Crippen LogP contribution in [0, 0.1) is 11.6 Å². The molecular formula is C32H33F2N3O5. The van der Waals surface area contributed by atoms with Crippen LogP contribution in [0.1, 0.15) is 55.1 Å². The Morgan fingerprint density at radius 1 is 0.929 bits per heavy atom. The monoisotopic (exact) mass is 577 g/mol. The lowest BCUT2D eigenvalue weighted by molar-refractivity contribution is -0.139. The first-order chi connectivity index (χ1) is 20.0. The van der Waals surface area contributed by atoms with Crippen LogP contribution in [-0.2, 0) is 11.3 Å². The van der Waals surface area contributed by atoms with Crippen LogP contribution in [0.15, 0.2) is 73.1 Å². The van der Waals surface area contributed by atoms with Gasteiger partial charge in [0.05, 0.1) is 29.9 Å². The van der Waals surface area contributed by atoms with Crippen LogP contribution in [0.3, 0.4) is 0 Å². The molecule has 0 unspecified atom stereocenters. The van der Waals surface area contributed by atoms with Crippen LogP contribution in [-0.4, -0.2) is 49.0 Å². The van der Waals surface area contributed by atoms with Gasteiger partial charge in [0.1, 0.15) is 11.6 Å². The minimum atomic E-state index is -1.22. The molecule has 0 bridgehead atoms. The van der Waals surface area contributed by atoms with Gasteiger partial charge in [0.25, 0.3) is 5.91 Å². The molecule has 0 fully saturated rings. The number of carboxylic acids is 1. The number of aliphatic carboxylic acids is 1. The van der Waals surface area contributed by atoms with Gasteiger partial charge in [-0.15, -0.1) is 0 Å². The van der Waals surface area contributed by atoms with Gasteiger partial charge in [-0.1, -0.05) is 19.9 Å². The number of carboxylic acid groups (broad SMARTS) is 1. The van der Waals surface area contributed by atoms with E-state index in [2.05, 4.69) is 10.3 Å². The van der Waals surface area contributed by atoms with Gasteiger partial charge in [0, 0.05) is 35.9 Å². The Bertz CT molecular complexity index is 1540. The predicted molar refractivity (Wildman–Crippen MR) is 155 cm³/mol. The molecule has 0 radical (unpaired) electrons. The number of benzene rings is 2. The van der Waals surface area contributed by atoms with E-state index in [1.807, 2.05) is 18.4 Å². The van der Waals surface area contributed by atoms with Gasteiger partial charge < -0.3 is 25.2 Å². The number of aliphatic hydroxyl groups is 2. The summed E-state index contributed by atoms with van der Waals surface area (Å²) >= 11 is 0. The van der Waals surface area contributed by atoms with E-state index in [1.165, 1.54) is 30.3 Å². The summed E-state index contributed by atoms with van der Waals surface area (Å²) in [6, 6.07) is 14.9. The van der Waals surface area contributed by atoms with E-state index in [-0.39, 0.29) is 31.0 Å². The molecule has 0 saturated carbocycles. The number of halogens is 2. The molecule has 10 heteroatoms. The number of carbonyl (C=O) groups excluding carboxylic acids is 1. The standard InChI is InChI=1S/C32H33F2N3O5/c1-19(2)30-29(32(42)36-24-5-3-4-23(34)16-24)28(20-10-13-35-14-11-20)31(21-6-8-22(33)9-7-21)37(30)15-12-25(38)17-26(39)18-27(40)41/h3-11,13-14,16,19,25-26,38-39H,12,15,17-18H2,1-2H3,(H,36,42)(H,40,41)/t25-,26-/m1/s1. The van der Waals surface area contributed by atoms with E-state index in [4.69, 9.17) is 5.11 Å². The van der Waals surface area contributed by atoms with Crippen LogP contribution in [0.2, 0.25) is 0 Å². The minimum Gasteiger partial charge on any atom is -0.481 e. The molecule has 2 aromatic carbocycles. The lowest BCUT2D eigenvalue weighted by Gasteiger charge is -2.20. The Balaban J connectivity index is 1.90. The van der Waals surface area contributed by atoms with Gasteiger partial charge in [-0.3, -0.25) is 14.6 Å². The number of hydrogen-bond donors (Lipinski definition) is 4. The molecule has 0 aliphatic carbocycles. The third kappa shape index (κ3) is 7.26. The molecule has 0 saturated heterocycles. The van der Waals surface area contributed by atoms with Crippen molar-refractivity contribution in [2.45, 2.75) is 57.8 Å². The molecule has 2 aromatic heterocycles. The molecular weight excluding hydrogens is 544 g/mol. The fourth-order valence-corrected chi connectivity index (χ4v) is 5.16. The molecule has 1 amide bonds. The number of carbonyl (C=O) groups is 2. The molecule has 42 heavy (non-hydrogen) atoms. The van der Waals surface area contributed by atoms with E-state index in [1.54, 1.807) is 42.7 Å². The second-order valence-corrected chi connectivity index (χ2v) is 10.4. The number of amides is 1. The summed E-state index contributed by atoms with van der Waals surface area (Å²) in [7, 11) is 0. The number of aromatic nitrogens is 2. The van der Waals surface area contributed by atoms with Crippen molar-refractivity contribution in [3.8, 4) is 22.4 Å². The lowest BCUT2D eigenvalue weighted by atomic mass is 9.95. The Morgan fingerprint density at radius 2 is 1.62 bits per heavy atom. The second kappa shape index (κ2) is 13.5. The van der Waals surface area contributed by atoms with Crippen molar-refractivity contribution in [1.29, 1.82) is 0 Å². The van der Waals surface area contributed by atoms with Crippen molar-refractivity contribution < 1.29 is 33.7 Å². The van der Waals surface area contributed by atoms with E-state index >= 15 is 0 Å². The zero-order valence-electron chi connectivity index (χ0n) is 23.3. The quantitative estimate of drug-likeness (QED) is 0.168. The maximum atomic E-state index is 14.0. The summed E-state index contributed by atoms with van der Waals surface area (Å²) in [4.78, 5) is 29.1. The van der Waals surface area contributed by atoms with E-state index in [0.717, 1.165) is 0 Å². The van der Waals surface area contributed by atoms with Gasteiger partial charge in [-0.05, 0) is 84.5 Å². The molecule has 2 heterocycles. The number of pyridine rings is 1. The fraction of sp³-hybridized carbons (Fsp3) is 0.281. The van der Waals surface area contributed by atoms with Gasteiger partial charge in [-0.25, -0.2) is 8.78 Å². The summed E-state index contributed by atoms with van der Waals surface area (Å²) in [6.07, 6.45) is 0.450. The van der Waals surface area contributed by atoms with Crippen molar-refractivity contribution >= 4 is 17.6 Å². The van der Waals surface area contributed by atoms with Gasteiger partial charge >= 0.3 is 5.97 Å². The third-order valence-electron chi connectivity index (χ3n) is 6.89. The van der Waals surface area contributed by atoms with E-state index < -0.39 is 42.1 Å². The van der Waals surface area contributed by atoms with E-state index in [9.17, 15) is 28.6 Å². The maximum absolute atomic E-state index is 14.0. The van der Waals surface area contributed by atoms with Crippen molar-refractivity contribution in [3.05, 3.63) is 95.9 Å². The van der Waals surface area contributed by atoms with Gasteiger partial charge in [0.15, 0.2) is 0 Å². The molecule has 0 spiro atoms. The summed E-state index contributed by atoms with van der Waals surface area (Å²) < 4.78 is 29.9. The zero-order valence-corrected chi connectivity index (χ0v) is 23.3. The molecule has 220 valence electrons. The van der Waals surface area contributed by atoms with Crippen LogP contribution < -0.4 is 5.32 Å². The van der Waals surface area contributed by atoms with Crippen molar-refractivity contribution in [2.24, 2.45) is 0 Å². The third-order valence-corrected chi connectivity index (χ3v) is 6.89. The Kier molecular flexibility index (Phi) is 9.82. The number of nitrogens with zero attached hydrogens (tertiary/aromatic N) is 2. The smallest absolute Gasteiger partial charge is 0.305 e.